The van der Waals surface area contributed by atoms with Crippen LogP contribution in [0.2, 0.25) is 0 Å². The standard InChI is InChI=1S/C12H22N2O2S/c1-5-14(7-10(2)3)9-12(8-13)6-11(12)17(4,15)16/h10-11H,5-7,9H2,1-4H3. The van der Waals surface area contributed by atoms with Crippen LogP contribution in [0.3, 0.4) is 0 Å². The molecule has 0 spiro atoms. The maximum atomic E-state index is 11.5. The monoisotopic (exact) mass is 258 g/mol. The van der Waals surface area contributed by atoms with Crippen molar-refractivity contribution in [2.75, 3.05) is 25.9 Å². The van der Waals surface area contributed by atoms with Gasteiger partial charge in [-0.1, -0.05) is 20.8 Å². The molecule has 2 unspecified atom stereocenters. The Hall–Kier alpha value is -0.600. The van der Waals surface area contributed by atoms with Gasteiger partial charge in [-0.05, 0) is 18.9 Å². The van der Waals surface area contributed by atoms with E-state index in [0.29, 0.717) is 18.9 Å². The number of rotatable bonds is 6. The molecule has 0 radical (unpaired) electrons. The Morgan fingerprint density at radius 2 is 2.12 bits per heavy atom. The van der Waals surface area contributed by atoms with Crippen LogP contribution >= 0.6 is 0 Å². The molecule has 0 aliphatic heterocycles. The molecule has 1 fully saturated rings. The second-order valence-corrected chi connectivity index (χ2v) is 7.74. The Labute approximate surface area is 105 Å². The molecular formula is C12H22N2O2S. The van der Waals surface area contributed by atoms with Gasteiger partial charge in [-0.3, -0.25) is 0 Å². The quantitative estimate of drug-likeness (QED) is 0.720. The van der Waals surface area contributed by atoms with Crippen LogP contribution in [0.5, 0.6) is 0 Å². The molecule has 2 atom stereocenters. The van der Waals surface area contributed by atoms with E-state index in [9.17, 15) is 13.7 Å². The third kappa shape index (κ3) is 3.43. The maximum Gasteiger partial charge on any atom is 0.151 e. The Morgan fingerprint density at radius 1 is 1.53 bits per heavy atom. The van der Waals surface area contributed by atoms with Crippen LogP contribution in [-0.2, 0) is 9.84 Å². The summed E-state index contributed by atoms with van der Waals surface area (Å²) in [4.78, 5) is 2.18. The molecule has 1 aliphatic carbocycles. The lowest BCUT2D eigenvalue weighted by atomic mass is 10.1. The van der Waals surface area contributed by atoms with Crippen molar-refractivity contribution >= 4 is 9.84 Å². The minimum atomic E-state index is -3.08. The highest BCUT2D eigenvalue weighted by atomic mass is 32.2. The minimum Gasteiger partial charge on any atom is -0.302 e. The molecule has 0 N–H and O–H groups in total. The first-order chi connectivity index (χ1) is 7.75. The van der Waals surface area contributed by atoms with Gasteiger partial charge in [-0.25, -0.2) is 8.42 Å². The summed E-state index contributed by atoms with van der Waals surface area (Å²) in [5.41, 5.74) is -0.654. The summed E-state index contributed by atoms with van der Waals surface area (Å²) in [6.07, 6.45) is 1.73. The summed E-state index contributed by atoms with van der Waals surface area (Å²) in [6.45, 7) is 8.65. The molecule has 0 aromatic heterocycles. The molecule has 0 aromatic carbocycles. The molecule has 98 valence electrons. The Morgan fingerprint density at radius 3 is 2.41 bits per heavy atom. The summed E-state index contributed by atoms with van der Waals surface area (Å²) in [5.74, 6) is 0.529. The second-order valence-electron chi connectivity index (χ2n) is 5.51. The highest BCUT2D eigenvalue weighted by Crippen LogP contribution is 2.50. The van der Waals surface area contributed by atoms with Gasteiger partial charge in [-0.2, -0.15) is 5.26 Å². The molecule has 1 aliphatic rings. The molecule has 1 rings (SSSR count). The number of nitrogens with zero attached hydrogens (tertiary/aromatic N) is 2. The molecule has 17 heavy (non-hydrogen) atoms. The maximum absolute atomic E-state index is 11.5. The second kappa shape index (κ2) is 4.95. The van der Waals surface area contributed by atoms with E-state index < -0.39 is 20.5 Å². The summed E-state index contributed by atoms with van der Waals surface area (Å²) in [6, 6.07) is 2.23. The van der Waals surface area contributed by atoms with Gasteiger partial charge in [0, 0.05) is 19.3 Å². The fourth-order valence-corrected chi connectivity index (χ4v) is 3.92. The van der Waals surface area contributed by atoms with Gasteiger partial charge >= 0.3 is 0 Å². The van der Waals surface area contributed by atoms with Crippen LogP contribution in [0.15, 0.2) is 0 Å². The van der Waals surface area contributed by atoms with Crippen molar-refractivity contribution in [3.05, 3.63) is 0 Å². The zero-order valence-corrected chi connectivity index (χ0v) is 11.9. The largest absolute Gasteiger partial charge is 0.302 e. The summed E-state index contributed by atoms with van der Waals surface area (Å²) in [7, 11) is -3.08. The van der Waals surface area contributed by atoms with Crippen LogP contribution in [0.4, 0.5) is 0 Å². The summed E-state index contributed by atoms with van der Waals surface area (Å²) >= 11 is 0. The lowest BCUT2D eigenvalue weighted by Gasteiger charge is -2.25. The highest BCUT2D eigenvalue weighted by molar-refractivity contribution is 7.91. The van der Waals surface area contributed by atoms with Gasteiger partial charge in [-0.15, -0.1) is 0 Å². The summed E-state index contributed by atoms with van der Waals surface area (Å²) < 4.78 is 23.0. The first kappa shape index (κ1) is 14.5. The molecule has 1 saturated carbocycles. The lowest BCUT2D eigenvalue weighted by Crippen LogP contribution is -2.35. The molecule has 0 saturated heterocycles. The molecule has 5 heteroatoms. The van der Waals surface area contributed by atoms with Gasteiger partial charge < -0.3 is 4.90 Å². The van der Waals surface area contributed by atoms with Crippen LogP contribution < -0.4 is 0 Å². The fraction of sp³-hybridized carbons (Fsp3) is 0.917. The predicted octanol–water partition coefficient (Wildman–Crippen LogP) is 1.29. The third-order valence-corrected chi connectivity index (χ3v) is 4.97. The average Bonchev–Trinajstić information content (AvgIpc) is 2.91. The van der Waals surface area contributed by atoms with E-state index in [-0.39, 0.29) is 0 Å². The fourth-order valence-electron chi connectivity index (χ4n) is 2.37. The van der Waals surface area contributed by atoms with E-state index in [4.69, 9.17) is 0 Å². The van der Waals surface area contributed by atoms with Gasteiger partial charge in [0.2, 0.25) is 0 Å². The van der Waals surface area contributed by atoms with Crippen molar-refractivity contribution in [2.45, 2.75) is 32.4 Å². The van der Waals surface area contributed by atoms with Crippen molar-refractivity contribution in [2.24, 2.45) is 11.3 Å². The molecule has 4 nitrogen and oxygen atoms in total. The van der Waals surface area contributed by atoms with Gasteiger partial charge in [0.15, 0.2) is 9.84 Å². The van der Waals surface area contributed by atoms with E-state index in [1.807, 2.05) is 6.92 Å². The van der Waals surface area contributed by atoms with Crippen LogP contribution in [0, 0.1) is 22.7 Å². The first-order valence-corrected chi connectivity index (χ1v) is 8.03. The Kier molecular flexibility index (Phi) is 4.21. The normalized spacial score (nSPS) is 28.4. The Balaban J connectivity index is 2.70. The van der Waals surface area contributed by atoms with E-state index in [0.717, 1.165) is 13.1 Å². The Bertz CT molecular complexity index is 411. The topological polar surface area (TPSA) is 61.2 Å². The smallest absolute Gasteiger partial charge is 0.151 e. The third-order valence-electron chi connectivity index (χ3n) is 3.32. The number of nitriles is 1. The average molecular weight is 258 g/mol. The van der Waals surface area contributed by atoms with Crippen molar-refractivity contribution in [3.8, 4) is 6.07 Å². The van der Waals surface area contributed by atoms with Gasteiger partial charge in [0.1, 0.15) is 0 Å². The number of sulfone groups is 1. The van der Waals surface area contributed by atoms with E-state index in [2.05, 4.69) is 24.8 Å². The van der Waals surface area contributed by atoms with Crippen LogP contribution in [0.1, 0.15) is 27.2 Å². The zero-order chi connectivity index (χ0) is 13.3. The highest BCUT2D eigenvalue weighted by Gasteiger charge is 2.61. The summed E-state index contributed by atoms with van der Waals surface area (Å²) in [5, 5.41) is 8.77. The molecule has 0 bridgehead atoms. The SMILES string of the molecule is CCN(CC(C)C)CC1(C#N)CC1S(C)(=O)=O. The van der Waals surface area contributed by atoms with Crippen LogP contribution in [0.25, 0.3) is 0 Å². The number of hydrogen-bond acceptors (Lipinski definition) is 4. The van der Waals surface area contributed by atoms with E-state index in [1.165, 1.54) is 6.26 Å². The predicted molar refractivity (Wildman–Crippen MR) is 68.2 cm³/mol. The molecule has 0 amide bonds. The van der Waals surface area contributed by atoms with E-state index in [1.54, 1.807) is 0 Å². The van der Waals surface area contributed by atoms with Crippen molar-refractivity contribution in [3.63, 3.8) is 0 Å². The van der Waals surface area contributed by atoms with Crippen molar-refractivity contribution < 1.29 is 8.42 Å². The van der Waals surface area contributed by atoms with Gasteiger partial charge in [0.05, 0.1) is 16.7 Å². The molecule has 0 aromatic rings. The molecular weight excluding hydrogens is 236 g/mol. The van der Waals surface area contributed by atoms with Crippen LogP contribution in [-0.4, -0.2) is 44.5 Å². The van der Waals surface area contributed by atoms with E-state index >= 15 is 0 Å². The minimum absolute atomic E-state index is 0.457. The van der Waals surface area contributed by atoms with Gasteiger partial charge in [0.25, 0.3) is 0 Å². The lowest BCUT2D eigenvalue weighted by molar-refractivity contribution is 0.228. The zero-order valence-electron chi connectivity index (χ0n) is 11.1. The first-order valence-electron chi connectivity index (χ1n) is 6.07. The van der Waals surface area contributed by atoms with Crippen molar-refractivity contribution in [1.82, 2.24) is 4.90 Å². The van der Waals surface area contributed by atoms with Crippen molar-refractivity contribution in [1.29, 1.82) is 5.26 Å². The molecule has 0 heterocycles. The number of hydrogen-bond donors (Lipinski definition) is 0.